The van der Waals surface area contributed by atoms with Crippen molar-refractivity contribution in [1.82, 2.24) is 14.5 Å². The molecule has 1 fully saturated rings. The SMILES string of the molecule is CCCCCCCCCCCCCCCCOP(=O)(CCN(CCN)CCN)OC[C@H]1O[C@@H](n2ccc(=O)[nH]c2=O)[C@H](O)[C@@H]1O. The summed E-state index contributed by atoms with van der Waals surface area (Å²) < 4.78 is 32.2. The summed E-state index contributed by atoms with van der Waals surface area (Å²) in [5.74, 6) is 0. The van der Waals surface area contributed by atoms with Crippen molar-refractivity contribution in [1.29, 1.82) is 0 Å². The lowest BCUT2D eigenvalue weighted by molar-refractivity contribution is -0.0531. The Morgan fingerprint density at radius 3 is 1.96 bits per heavy atom. The second kappa shape index (κ2) is 23.0. The highest BCUT2D eigenvalue weighted by Gasteiger charge is 2.45. The molecule has 1 aliphatic heterocycles. The summed E-state index contributed by atoms with van der Waals surface area (Å²) in [4.78, 5) is 27.7. The Labute approximate surface area is 268 Å². The highest BCUT2D eigenvalue weighted by Crippen LogP contribution is 2.49. The number of H-pyrrole nitrogens is 1. The van der Waals surface area contributed by atoms with Gasteiger partial charge in [0.25, 0.3) is 5.56 Å². The molecule has 7 N–H and O–H groups in total. The molecule has 262 valence electrons. The minimum atomic E-state index is -3.63. The standard InChI is InChI=1S/C31H60N5O8P/c1-2-3-4-5-6-7-8-9-10-11-12-13-14-15-23-42-45(41,24-22-35(20-17-32)21-18-33)43-25-26-28(38)29(39)30(44-26)36-19-16-27(37)34-31(36)40/h16,19,26,28-30,38-39H,2-15,17-18,20-25,32-33H2,1H3,(H,34,37,40)/t26-,28-,29-,30-,45?/m1/s1. The maximum Gasteiger partial charge on any atom is 0.332 e. The van der Waals surface area contributed by atoms with Gasteiger partial charge in [0.2, 0.25) is 0 Å². The van der Waals surface area contributed by atoms with E-state index in [2.05, 4.69) is 11.9 Å². The first-order valence-corrected chi connectivity index (χ1v) is 18.8. The fraction of sp³-hybridized carbons (Fsp3) is 0.871. The van der Waals surface area contributed by atoms with Gasteiger partial charge >= 0.3 is 13.3 Å². The number of aliphatic hydroxyl groups excluding tert-OH is 2. The first-order valence-electron chi connectivity index (χ1n) is 17.1. The topological polar surface area (TPSA) is 195 Å². The minimum absolute atomic E-state index is 0.0970. The number of aliphatic hydroxyl groups is 2. The lowest BCUT2D eigenvalue weighted by Gasteiger charge is -2.25. The zero-order valence-corrected chi connectivity index (χ0v) is 28.3. The smallest absolute Gasteiger partial charge is 0.332 e. The Morgan fingerprint density at radius 2 is 1.42 bits per heavy atom. The molecule has 45 heavy (non-hydrogen) atoms. The van der Waals surface area contributed by atoms with Crippen molar-refractivity contribution in [3.63, 3.8) is 0 Å². The Balaban J connectivity index is 1.80. The van der Waals surface area contributed by atoms with E-state index in [1.54, 1.807) is 0 Å². The van der Waals surface area contributed by atoms with Crippen LogP contribution in [0, 0.1) is 0 Å². The molecule has 0 aromatic carbocycles. The molecule has 0 amide bonds. The monoisotopic (exact) mass is 661 g/mol. The molecule has 1 aromatic heterocycles. The first kappa shape index (κ1) is 39.8. The van der Waals surface area contributed by atoms with Crippen molar-refractivity contribution in [3.8, 4) is 0 Å². The van der Waals surface area contributed by atoms with Gasteiger partial charge in [0, 0.05) is 45.0 Å². The van der Waals surface area contributed by atoms with Crippen molar-refractivity contribution in [2.45, 2.75) is 121 Å². The number of nitrogens with zero attached hydrogens (tertiary/aromatic N) is 2. The number of rotatable bonds is 27. The van der Waals surface area contributed by atoms with Crippen LogP contribution in [0.25, 0.3) is 0 Å². The molecule has 5 atom stereocenters. The van der Waals surface area contributed by atoms with E-state index in [0.717, 1.165) is 29.9 Å². The molecule has 0 aliphatic carbocycles. The van der Waals surface area contributed by atoms with E-state index in [4.69, 9.17) is 25.3 Å². The molecule has 0 spiro atoms. The zero-order chi connectivity index (χ0) is 32.9. The average molecular weight is 662 g/mol. The quantitative estimate of drug-likeness (QED) is 0.0687. The number of hydrogen-bond donors (Lipinski definition) is 5. The molecule has 1 unspecified atom stereocenters. The molecule has 13 nitrogen and oxygen atoms in total. The van der Waals surface area contributed by atoms with E-state index in [9.17, 15) is 24.4 Å². The van der Waals surface area contributed by atoms with Crippen LogP contribution in [0.4, 0.5) is 0 Å². The lowest BCUT2D eigenvalue weighted by atomic mass is 10.0. The van der Waals surface area contributed by atoms with Crippen molar-refractivity contribution in [2.75, 3.05) is 52.1 Å². The van der Waals surface area contributed by atoms with E-state index in [1.807, 2.05) is 4.90 Å². The third-order valence-electron chi connectivity index (χ3n) is 8.26. The molecule has 2 heterocycles. The zero-order valence-electron chi connectivity index (χ0n) is 27.4. The van der Waals surface area contributed by atoms with Crippen LogP contribution in [-0.4, -0.2) is 95.1 Å². The Morgan fingerprint density at radius 1 is 0.867 bits per heavy atom. The molecule has 1 aliphatic rings. The Bertz CT molecular complexity index is 1070. The Hall–Kier alpha value is -1.41. The molecule has 14 heteroatoms. The van der Waals surface area contributed by atoms with E-state index < -0.39 is 43.4 Å². The van der Waals surface area contributed by atoms with Gasteiger partial charge in [0.1, 0.15) is 18.3 Å². The number of hydrogen-bond acceptors (Lipinski definition) is 11. The van der Waals surface area contributed by atoms with Gasteiger partial charge in [-0.15, -0.1) is 0 Å². The second-order valence-electron chi connectivity index (χ2n) is 12.0. The molecular formula is C31H60N5O8P. The highest BCUT2D eigenvalue weighted by atomic mass is 31.2. The van der Waals surface area contributed by atoms with Crippen LogP contribution in [0.1, 0.15) is 103 Å². The van der Waals surface area contributed by atoms with Gasteiger partial charge in [-0.25, -0.2) is 4.79 Å². The fourth-order valence-corrected chi connectivity index (χ4v) is 7.18. The summed E-state index contributed by atoms with van der Waals surface area (Å²) in [5, 5.41) is 21.1. The Kier molecular flexibility index (Phi) is 20.3. The highest BCUT2D eigenvalue weighted by molar-refractivity contribution is 7.53. The predicted octanol–water partition coefficient (Wildman–Crippen LogP) is 3.08. The van der Waals surface area contributed by atoms with Gasteiger partial charge in [0.05, 0.1) is 19.4 Å². The number of nitrogens with two attached hydrogens (primary N) is 2. The van der Waals surface area contributed by atoms with Crippen LogP contribution in [0.3, 0.4) is 0 Å². The number of ether oxygens (including phenoxy) is 1. The number of unbranched alkanes of at least 4 members (excludes halogenated alkanes) is 13. The molecule has 0 bridgehead atoms. The van der Waals surface area contributed by atoms with Crippen molar-refractivity contribution in [2.24, 2.45) is 11.5 Å². The van der Waals surface area contributed by atoms with E-state index in [1.165, 1.54) is 76.8 Å². The van der Waals surface area contributed by atoms with E-state index >= 15 is 0 Å². The molecule has 0 radical (unpaired) electrons. The maximum absolute atomic E-state index is 13.8. The largest absolute Gasteiger partial charge is 0.387 e. The summed E-state index contributed by atoms with van der Waals surface area (Å²) in [6, 6.07) is 1.11. The summed E-state index contributed by atoms with van der Waals surface area (Å²) in [7, 11) is -3.63. The van der Waals surface area contributed by atoms with Crippen LogP contribution in [0.2, 0.25) is 0 Å². The summed E-state index contributed by atoms with van der Waals surface area (Å²) in [6.45, 7) is 4.62. The van der Waals surface area contributed by atoms with Crippen LogP contribution < -0.4 is 22.7 Å². The number of aromatic amines is 1. The van der Waals surface area contributed by atoms with Crippen molar-refractivity contribution >= 4 is 7.60 Å². The maximum atomic E-state index is 13.8. The predicted molar refractivity (Wildman–Crippen MR) is 176 cm³/mol. The molecule has 2 rings (SSSR count). The van der Waals surface area contributed by atoms with Gasteiger partial charge in [-0.1, -0.05) is 90.4 Å². The van der Waals surface area contributed by atoms with Gasteiger partial charge in [-0.3, -0.25) is 18.9 Å². The molecule has 1 saturated heterocycles. The van der Waals surface area contributed by atoms with Gasteiger partial charge in [0.15, 0.2) is 6.23 Å². The molecular weight excluding hydrogens is 601 g/mol. The minimum Gasteiger partial charge on any atom is -0.387 e. The second-order valence-corrected chi connectivity index (χ2v) is 14.2. The van der Waals surface area contributed by atoms with Crippen LogP contribution in [0.5, 0.6) is 0 Å². The lowest BCUT2D eigenvalue weighted by Crippen LogP contribution is -2.37. The fourth-order valence-electron chi connectivity index (χ4n) is 5.54. The third-order valence-corrected chi connectivity index (χ3v) is 10.1. The van der Waals surface area contributed by atoms with Crippen molar-refractivity contribution in [3.05, 3.63) is 33.1 Å². The van der Waals surface area contributed by atoms with Crippen LogP contribution in [-0.2, 0) is 18.3 Å². The van der Waals surface area contributed by atoms with E-state index in [0.29, 0.717) is 32.7 Å². The normalized spacial score (nSPS) is 21.5. The number of aromatic nitrogens is 2. The third kappa shape index (κ3) is 15.4. The average Bonchev–Trinajstić information content (AvgIpc) is 3.30. The molecule has 0 saturated carbocycles. The summed E-state index contributed by atoms with van der Waals surface area (Å²) in [5.41, 5.74) is 10.1. The van der Waals surface area contributed by atoms with Crippen LogP contribution in [0.15, 0.2) is 21.9 Å². The van der Waals surface area contributed by atoms with Crippen molar-refractivity contribution < 1.29 is 28.6 Å². The van der Waals surface area contributed by atoms with E-state index in [-0.39, 0.29) is 19.4 Å². The molecule has 1 aromatic rings. The first-order chi connectivity index (χ1) is 21.7. The van der Waals surface area contributed by atoms with Gasteiger partial charge in [-0.2, -0.15) is 0 Å². The van der Waals surface area contributed by atoms with Crippen LogP contribution >= 0.6 is 7.60 Å². The summed E-state index contributed by atoms with van der Waals surface area (Å²) in [6.07, 6.45) is 13.3. The van der Waals surface area contributed by atoms with Gasteiger partial charge in [-0.05, 0) is 6.42 Å². The summed E-state index contributed by atoms with van der Waals surface area (Å²) >= 11 is 0. The van der Waals surface area contributed by atoms with Gasteiger partial charge < -0.3 is 40.4 Å². The number of nitrogens with one attached hydrogen (secondary N) is 1.